The van der Waals surface area contributed by atoms with E-state index in [0.29, 0.717) is 29.8 Å². The zero-order valence-electron chi connectivity index (χ0n) is 14.2. The zero-order chi connectivity index (χ0) is 17.2. The molecule has 4 rings (SSSR count). The molecule has 2 aliphatic heterocycles. The molecule has 0 spiro atoms. The minimum absolute atomic E-state index is 0.328. The largest absolute Gasteiger partial charge is 0.497 e. The predicted octanol–water partition coefficient (Wildman–Crippen LogP) is 3.69. The number of pyridine rings is 1. The molecule has 0 radical (unpaired) electrons. The van der Waals surface area contributed by atoms with Gasteiger partial charge in [-0.15, -0.1) is 0 Å². The Bertz CT molecular complexity index is 726. The third kappa shape index (κ3) is 3.83. The van der Waals surface area contributed by atoms with Gasteiger partial charge in [0, 0.05) is 24.8 Å². The number of rotatable bonds is 5. The third-order valence-electron chi connectivity index (χ3n) is 4.71. The summed E-state index contributed by atoms with van der Waals surface area (Å²) in [7, 11) is 1.65. The lowest BCUT2D eigenvalue weighted by molar-refractivity contribution is 0.0304. The Kier molecular flexibility index (Phi) is 4.68. The number of morpholine rings is 1. The highest BCUT2D eigenvalue weighted by molar-refractivity contribution is 6.29. The molecule has 132 valence electrons. The molecule has 1 aromatic heterocycles. The van der Waals surface area contributed by atoms with Gasteiger partial charge in [0.2, 0.25) is 5.88 Å². The fraction of sp³-hybridized carbons (Fsp3) is 0.421. The van der Waals surface area contributed by atoms with Crippen molar-refractivity contribution in [3.63, 3.8) is 0 Å². The Hall–Kier alpha value is -1.98. The minimum Gasteiger partial charge on any atom is -0.497 e. The van der Waals surface area contributed by atoms with E-state index in [0.717, 1.165) is 42.9 Å². The first-order valence-electron chi connectivity index (χ1n) is 8.53. The maximum atomic E-state index is 6.21. The van der Waals surface area contributed by atoms with Crippen molar-refractivity contribution < 1.29 is 14.2 Å². The molecule has 1 aromatic carbocycles. The molecule has 0 aliphatic carbocycles. The van der Waals surface area contributed by atoms with Gasteiger partial charge in [-0.2, -0.15) is 0 Å². The monoisotopic (exact) mass is 360 g/mol. The molecule has 2 saturated heterocycles. The predicted molar refractivity (Wildman–Crippen MR) is 96.7 cm³/mol. The number of methoxy groups -OCH3 is 1. The average Bonchev–Trinajstić information content (AvgIpc) is 2.97. The normalized spacial score (nSPS) is 22.1. The average molecular weight is 361 g/mol. The number of nitrogens with zero attached hydrogens (tertiary/aromatic N) is 2. The lowest BCUT2D eigenvalue weighted by atomic mass is 10.2. The Morgan fingerprint density at radius 1 is 1.16 bits per heavy atom. The summed E-state index contributed by atoms with van der Waals surface area (Å²) in [6.45, 7) is 2.23. The van der Waals surface area contributed by atoms with Gasteiger partial charge in [0.1, 0.15) is 17.5 Å². The van der Waals surface area contributed by atoms with Gasteiger partial charge in [0.15, 0.2) is 0 Å². The van der Waals surface area contributed by atoms with Crippen LogP contribution in [0.1, 0.15) is 18.4 Å². The first-order chi connectivity index (χ1) is 12.2. The number of benzene rings is 1. The van der Waals surface area contributed by atoms with Crippen molar-refractivity contribution in [2.75, 3.05) is 25.1 Å². The van der Waals surface area contributed by atoms with Crippen molar-refractivity contribution in [3.8, 4) is 11.6 Å². The number of aromatic nitrogens is 1. The number of ether oxygens (including phenoxy) is 3. The van der Waals surface area contributed by atoms with Crippen LogP contribution in [0.4, 0.5) is 5.69 Å². The van der Waals surface area contributed by atoms with E-state index in [1.807, 2.05) is 36.4 Å². The van der Waals surface area contributed by atoms with Crippen molar-refractivity contribution in [2.24, 2.45) is 0 Å². The highest BCUT2D eigenvalue weighted by Crippen LogP contribution is 2.32. The molecular weight excluding hydrogens is 340 g/mol. The van der Waals surface area contributed by atoms with Gasteiger partial charge >= 0.3 is 0 Å². The van der Waals surface area contributed by atoms with Crippen molar-refractivity contribution in [1.82, 2.24) is 4.98 Å². The SMILES string of the molecule is COc1ccc(COc2cc(N3CC4CCC(C3)O4)cc(Cl)n2)cc1. The van der Waals surface area contributed by atoms with Crippen LogP contribution in [0.15, 0.2) is 36.4 Å². The summed E-state index contributed by atoms with van der Waals surface area (Å²) in [5.74, 6) is 1.37. The van der Waals surface area contributed by atoms with E-state index in [4.69, 9.17) is 25.8 Å². The molecule has 2 aromatic rings. The van der Waals surface area contributed by atoms with E-state index in [2.05, 4.69) is 9.88 Å². The van der Waals surface area contributed by atoms with E-state index < -0.39 is 0 Å². The van der Waals surface area contributed by atoms with E-state index in [9.17, 15) is 0 Å². The van der Waals surface area contributed by atoms with Crippen LogP contribution < -0.4 is 14.4 Å². The molecule has 6 heteroatoms. The second-order valence-corrected chi connectivity index (χ2v) is 6.87. The molecule has 2 atom stereocenters. The summed E-state index contributed by atoms with van der Waals surface area (Å²) in [6.07, 6.45) is 2.94. The van der Waals surface area contributed by atoms with Crippen molar-refractivity contribution in [1.29, 1.82) is 0 Å². The summed E-state index contributed by atoms with van der Waals surface area (Å²) in [4.78, 5) is 6.61. The van der Waals surface area contributed by atoms with Crippen LogP contribution in [0, 0.1) is 0 Å². The van der Waals surface area contributed by atoms with Gasteiger partial charge in [0.05, 0.1) is 19.3 Å². The Morgan fingerprint density at radius 3 is 2.56 bits per heavy atom. The van der Waals surface area contributed by atoms with Crippen LogP contribution in [0.5, 0.6) is 11.6 Å². The Labute approximate surface area is 152 Å². The molecule has 25 heavy (non-hydrogen) atoms. The molecule has 0 saturated carbocycles. The standard InChI is InChI=1S/C19H21ClN2O3/c1-23-15-4-2-13(3-5-15)12-24-19-9-14(8-18(20)21-19)22-10-16-6-7-17(11-22)25-16/h2-5,8-9,16-17H,6-7,10-12H2,1H3. The summed E-state index contributed by atoms with van der Waals surface area (Å²) < 4.78 is 16.9. The molecule has 5 nitrogen and oxygen atoms in total. The maximum Gasteiger partial charge on any atom is 0.217 e. The third-order valence-corrected chi connectivity index (χ3v) is 4.90. The van der Waals surface area contributed by atoms with E-state index >= 15 is 0 Å². The molecule has 2 fully saturated rings. The van der Waals surface area contributed by atoms with Crippen molar-refractivity contribution in [3.05, 3.63) is 47.1 Å². The Morgan fingerprint density at radius 2 is 1.88 bits per heavy atom. The topological polar surface area (TPSA) is 43.8 Å². The fourth-order valence-corrected chi connectivity index (χ4v) is 3.62. The van der Waals surface area contributed by atoms with Crippen LogP contribution in [-0.2, 0) is 11.3 Å². The lowest BCUT2D eigenvalue weighted by Gasteiger charge is -2.34. The summed E-state index contributed by atoms with van der Waals surface area (Å²) in [5, 5.41) is 0.445. The van der Waals surface area contributed by atoms with Gasteiger partial charge in [-0.3, -0.25) is 0 Å². The maximum absolute atomic E-state index is 6.21. The minimum atomic E-state index is 0.328. The van der Waals surface area contributed by atoms with Gasteiger partial charge in [-0.1, -0.05) is 23.7 Å². The number of halogens is 1. The number of anilines is 1. The van der Waals surface area contributed by atoms with E-state index in [1.54, 1.807) is 7.11 Å². The van der Waals surface area contributed by atoms with Crippen LogP contribution in [0.25, 0.3) is 0 Å². The van der Waals surface area contributed by atoms with E-state index in [-0.39, 0.29) is 0 Å². The molecule has 0 amide bonds. The molecule has 2 aliphatic rings. The summed E-state index contributed by atoms with van der Waals surface area (Å²) in [5.41, 5.74) is 2.10. The highest BCUT2D eigenvalue weighted by atomic mass is 35.5. The van der Waals surface area contributed by atoms with Crippen LogP contribution >= 0.6 is 11.6 Å². The molecule has 0 N–H and O–H groups in total. The summed E-state index contributed by atoms with van der Waals surface area (Å²) in [6, 6.07) is 11.6. The first kappa shape index (κ1) is 16.5. The van der Waals surface area contributed by atoms with Gasteiger partial charge in [-0.25, -0.2) is 4.98 Å². The van der Waals surface area contributed by atoms with Crippen molar-refractivity contribution in [2.45, 2.75) is 31.7 Å². The second-order valence-electron chi connectivity index (χ2n) is 6.49. The van der Waals surface area contributed by atoms with Gasteiger partial charge < -0.3 is 19.1 Å². The zero-order valence-corrected chi connectivity index (χ0v) is 14.9. The highest BCUT2D eigenvalue weighted by Gasteiger charge is 2.34. The lowest BCUT2D eigenvalue weighted by Crippen LogP contribution is -2.42. The molecular formula is C19H21ClN2O3. The molecule has 3 heterocycles. The van der Waals surface area contributed by atoms with Gasteiger partial charge in [-0.05, 0) is 36.6 Å². The number of hydrogen-bond acceptors (Lipinski definition) is 5. The Balaban J connectivity index is 1.45. The second kappa shape index (κ2) is 7.10. The number of fused-ring (bicyclic) bond motifs is 2. The van der Waals surface area contributed by atoms with Gasteiger partial charge in [0.25, 0.3) is 0 Å². The van der Waals surface area contributed by atoms with Crippen LogP contribution in [-0.4, -0.2) is 37.4 Å². The quantitative estimate of drug-likeness (QED) is 0.761. The molecule has 2 bridgehead atoms. The van der Waals surface area contributed by atoms with Crippen LogP contribution in [0.3, 0.4) is 0 Å². The van der Waals surface area contributed by atoms with E-state index in [1.165, 1.54) is 0 Å². The van der Waals surface area contributed by atoms with Crippen molar-refractivity contribution >= 4 is 17.3 Å². The molecule has 2 unspecified atom stereocenters. The van der Waals surface area contributed by atoms with Crippen LogP contribution in [0.2, 0.25) is 5.15 Å². The smallest absolute Gasteiger partial charge is 0.217 e. The number of hydrogen-bond donors (Lipinski definition) is 0. The first-order valence-corrected chi connectivity index (χ1v) is 8.91. The summed E-state index contributed by atoms with van der Waals surface area (Å²) >= 11 is 6.21. The fourth-order valence-electron chi connectivity index (χ4n) is 3.42.